The summed E-state index contributed by atoms with van der Waals surface area (Å²) < 4.78 is 37.1. The van der Waals surface area contributed by atoms with Crippen molar-refractivity contribution in [3.05, 3.63) is 123 Å². The lowest BCUT2D eigenvalue weighted by molar-refractivity contribution is -0.217. The number of methoxy groups -OCH3 is 2. The van der Waals surface area contributed by atoms with Gasteiger partial charge in [0.1, 0.15) is 41.6 Å². The number of aromatic amines is 1. The fraction of sp³-hybridized carbons (Fsp3) is 0.382. The van der Waals surface area contributed by atoms with E-state index in [4.69, 9.17) is 28.4 Å². The van der Waals surface area contributed by atoms with E-state index >= 15 is 0 Å². The van der Waals surface area contributed by atoms with Crippen LogP contribution in [0, 0.1) is 0 Å². The first-order valence-electron chi connectivity index (χ1n) is 15.2. The van der Waals surface area contributed by atoms with E-state index in [1.54, 1.807) is 14.2 Å². The number of aliphatic hydroxyl groups is 1. The number of aliphatic hydroxyl groups excluding tert-OH is 1. The van der Waals surface area contributed by atoms with E-state index in [1.807, 2.05) is 78.9 Å². The van der Waals surface area contributed by atoms with Crippen molar-refractivity contribution in [2.75, 3.05) is 27.4 Å². The molecule has 2 N–H and O–H groups in total. The van der Waals surface area contributed by atoms with Crippen molar-refractivity contribution in [1.82, 2.24) is 14.8 Å². The molecule has 46 heavy (non-hydrogen) atoms. The molecular formula is C34H37N3O9. The molecule has 4 aromatic rings. The Morgan fingerprint density at radius 1 is 0.913 bits per heavy atom. The van der Waals surface area contributed by atoms with Crippen LogP contribution in [-0.4, -0.2) is 71.9 Å². The molecule has 2 aliphatic heterocycles. The Morgan fingerprint density at radius 3 is 2.11 bits per heavy atom. The molecular weight excluding hydrogens is 594 g/mol. The van der Waals surface area contributed by atoms with Gasteiger partial charge in [-0.1, -0.05) is 54.6 Å². The molecule has 0 saturated carbocycles. The molecule has 0 radical (unpaired) electrons. The predicted molar refractivity (Wildman–Crippen MR) is 166 cm³/mol. The Balaban J connectivity index is 1.39. The van der Waals surface area contributed by atoms with Gasteiger partial charge in [0.15, 0.2) is 12.5 Å². The monoisotopic (exact) mass is 631 g/mol. The summed E-state index contributed by atoms with van der Waals surface area (Å²) in [6, 6.07) is 24.9. The number of benzene rings is 3. The molecule has 3 heterocycles. The molecule has 3 aromatic carbocycles. The number of nitrogens with zero attached hydrogens (tertiary/aromatic N) is 2. The Kier molecular flexibility index (Phi) is 9.61. The third-order valence-electron chi connectivity index (χ3n) is 8.38. The van der Waals surface area contributed by atoms with Crippen molar-refractivity contribution >= 4 is 0 Å². The first-order valence-corrected chi connectivity index (χ1v) is 15.2. The highest BCUT2D eigenvalue weighted by molar-refractivity contribution is 5.49. The average Bonchev–Trinajstić information content (AvgIpc) is 3.40. The first kappa shape index (κ1) is 31.6. The van der Waals surface area contributed by atoms with E-state index < -0.39 is 47.7 Å². The number of nitrogens with one attached hydrogen (secondary N) is 1. The molecule has 2 aliphatic rings. The third kappa shape index (κ3) is 6.35. The van der Waals surface area contributed by atoms with Crippen LogP contribution in [0.4, 0.5) is 0 Å². The maximum Gasteiger partial charge on any atom is 0.347 e. The van der Waals surface area contributed by atoms with Crippen LogP contribution in [0.25, 0.3) is 0 Å². The molecule has 1 aromatic heterocycles. The molecule has 0 amide bonds. The number of aromatic nitrogens is 3. The minimum atomic E-state index is -1.24. The highest BCUT2D eigenvalue weighted by Crippen LogP contribution is 2.43. The van der Waals surface area contributed by atoms with E-state index in [-0.39, 0.29) is 6.61 Å². The summed E-state index contributed by atoms with van der Waals surface area (Å²) in [6.07, 6.45) is -1.60. The van der Waals surface area contributed by atoms with Crippen LogP contribution in [-0.2, 0) is 24.5 Å². The molecule has 0 spiro atoms. The smallest absolute Gasteiger partial charge is 0.347 e. The van der Waals surface area contributed by atoms with Crippen LogP contribution in [0.15, 0.2) is 94.6 Å². The van der Waals surface area contributed by atoms with Gasteiger partial charge in [-0.15, -0.1) is 0 Å². The molecule has 242 valence electrons. The number of ether oxygens (including phenoxy) is 6. The highest BCUT2D eigenvalue weighted by atomic mass is 16.7. The van der Waals surface area contributed by atoms with E-state index in [0.29, 0.717) is 24.5 Å². The summed E-state index contributed by atoms with van der Waals surface area (Å²) in [7, 11) is 3.21. The largest absolute Gasteiger partial charge is 0.497 e. The van der Waals surface area contributed by atoms with Crippen molar-refractivity contribution in [3.63, 3.8) is 0 Å². The minimum Gasteiger partial charge on any atom is -0.497 e. The molecule has 12 nitrogen and oxygen atoms in total. The number of rotatable bonds is 11. The van der Waals surface area contributed by atoms with Crippen molar-refractivity contribution in [3.8, 4) is 11.5 Å². The van der Waals surface area contributed by atoms with Gasteiger partial charge in [-0.3, -0.25) is 9.78 Å². The van der Waals surface area contributed by atoms with E-state index in [0.717, 1.165) is 40.4 Å². The van der Waals surface area contributed by atoms with Crippen molar-refractivity contribution < 1.29 is 33.5 Å². The zero-order valence-corrected chi connectivity index (χ0v) is 25.6. The Morgan fingerprint density at radius 2 is 1.54 bits per heavy atom. The van der Waals surface area contributed by atoms with Crippen LogP contribution < -0.4 is 20.7 Å². The SMILES string of the molecule is COc1ccc(C(OCC2OC(n3ncc(=O)[nH]c3=O)C(OC3CCCCO3)C2O)(c2ccccc2)c2ccc(OC)cc2)cc1. The Bertz CT molecular complexity index is 1640. The Hall–Kier alpha value is -4.33. The molecule has 12 heteroatoms. The number of hydrogen-bond acceptors (Lipinski definition) is 10. The molecule has 5 unspecified atom stereocenters. The fourth-order valence-electron chi connectivity index (χ4n) is 6.02. The van der Waals surface area contributed by atoms with Gasteiger partial charge >= 0.3 is 5.69 Å². The molecule has 2 fully saturated rings. The van der Waals surface area contributed by atoms with Gasteiger partial charge in [0, 0.05) is 6.61 Å². The summed E-state index contributed by atoms with van der Waals surface area (Å²) in [5, 5.41) is 15.7. The molecule has 0 bridgehead atoms. The van der Waals surface area contributed by atoms with E-state index in [1.165, 1.54) is 0 Å². The second kappa shape index (κ2) is 14.0. The van der Waals surface area contributed by atoms with Gasteiger partial charge < -0.3 is 33.5 Å². The van der Waals surface area contributed by atoms with Crippen LogP contribution in [0.3, 0.4) is 0 Å². The maximum atomic E-state index is 12.8. The second-order valence-corrected chi connectivity index (χ2v) is 11.2. The summed E-state index contributed by atoms with van der Waals surface area (Å²) >= 11 is 0. The third-order valence-corrected chi connectivity index (χ3v) is 8.38. The van der Waals surface area contributed by atoms with Crippen LogP contribution >= 0.6 is 0 Å². The summed E-state index contributed by atoms with van der Waals surface area (Å²) in [6.45, 7) is 0.403. The predicted octanol–water partition coefficient (Wildman–Crippen LogP) is 3.13. The maximum absolute atomic E-state index is 12.8. The molecule has 6 rings (SSSR count). The fourth-order valence-corrected chi connectivity index (χ4v) is 6.02. The standard InChI is InChI=1S/C34H37N3O9/c1-41-25-15-11-23(12-16-25)34(22-8-4-3-5-9-22,24-13-17-26(42-2)18-14-24)44-21-27-30(39)31(46-29-10-6-7-19-43-29)32(45-27)37-33(40)36-28(38)20-35-37/h3-5,8-9,11-18,20,27,29-32,39H,6-7,10,19,21H2,1-2H3,(H,36,38,40). The zero-order chi connectivity index (χ0) is 32.1. The van der Waals surface area contributed by atoms with Crippen molar-refractivity contribution in [1.29, 1.82) is 0 Å². The number of hydrogen-bond donors (Lipinski definition) is 2. The van der Waals surface area contributed by atoms with Gasteiger partial charge in [0.25, 0.3) is 5.56 Å². The second-order valence-electron chi connectivity index (χ2n) is 11.2. The van der Waals surface area contributed by atoms with Crippen molar-refractivity contribution in [2.24, 2.45) is 0 Å². The summed E-state index contributed by atoms with van der Waals surface area (Å²) in [4.78, 5) is 26.8. The topological polar surface area (TPSA) is 143 Å². The Labute approximate surface area is 265 Å². The minimum absolute atomic E-state index is 0.117. The number of H-pyrrole nitrogens is 1. The zero-order valence-electron chi connectivity index (χ0n) is 25.6. The summed E-state index contributed by atoms with van der Waals surface area (Å²) in [5.74, 6) is 1.36. The highest BCUT2D eigenvalue weighted by Gasteiger charge is 2.49. The van der Waals surface area contributed by atoms with E-state index in [2.05, 4.69) is 10.1 Å². The summed E-state index contributed by atoms with van der Waals surface area (Å²) in [5.41, 5.74) is -0.182. The first-order chi connectivity index (χ1) is 22.4. The van der Waals surface area contributed by atoms with Gasteiger partial charge in [0.2, 0.25) is 0 Å². The van der Waals surface area contributed by atoms with Gasteiger partial charge in [0.05, 0.1) is 20.8 Å². The lowest BCUT2D eigenvalue weighted by atomic mass is 9.80. The van der Waals surface area contributed by atoms with Crippen LogP contribution in [0.1, 0.15) is 42.2 Å². The molecule has 0 aliphatic carbocycles. The molecule has 2 saturated heterocycles. The molecule has 5 atom stereocenters. The lowest BCUT2D eigenvalue weighted by Gasteiger charge is -2.37. The van der Waals surface area contributed by atoms with Crippen LogP contribution in [0.2, 0.25) is 0 Å². The van der Waals surface area contributed by atoms with Crippen molar-refractivity contribution in [2.45, 2.75) is 55.7 Å². The van der Waals surface area contributed by atoms with E-state index in [9.17, 15) is 14.7 Å². The van der Waals surface area contributed by atoms with Gasteiger partial charge in [-0.2, -0.15) is 9.78 Å². The average molecular weight is 632 g/mol. The van der Waals surface area contributed by atoms with Gasteiger partial charge in [-0.25, -0.2) is 4.79 Å². The quantitative estimate of drug-likeness (QED) is 0.237. The normalized spacial score (nSPS) is 23.2. The lowest BCUT2D eigenvalue weighted by Crippen LogP contribution is -2.43. The van der Waals surface area contributed by atoms with Crippen LogP contribution in [0.5, 0.6) is 11.5 Å². The van der Waals surface area contributed by atoms with Gasteiger partial charge in [-0.05, 0) is 60.2 Å².